The highest BCUT2D eigenvalue weighted by molar-refractivity contribution is 5.58. The highest BCUT2D eigenvalue weighted by atomic mass is 16.5. The number of nitrogens with two attached hydrogens (primary N) is 1. The van der Waals surface area contributed by atoms with E-state index in [4.69, 9.17) is 15.2 Å². The summed E-state index contributed by atoms with van der Waals surface area (Å²) in [5.74, 6) is 2.80. The number of benzene rings is 2. The largest absolute Gasteiger partial charge is 0.493 e. The van der Waals surface area contributed by atoms with Crippen LogP contribution in [0.3, 0.4) is 0 Å². The topological polar surface area (TPSA) is 99.6 Å². The van der Waals surface area contributed by atoms with E-state index in [0.717, 1.165) is 35.7 Å². The molecule has 0 saturated heterocycles. The number of quaternary nitrogens is 1. The first-order valence-electron chi connectivity index (χ1n) is 9.83. The molecule has 1 heterocycles. The molecule has 1 aromatic heterocycles. The van der Waals surface area contributed by atoms with Crippen LogP contribution in [0.15, 0.2) is 42.5 Å². The number of anilines is 3. The third-order valence-electron chi connectivity index (χ3n) is 4.84. The monoisotopic (exact) mass is 409 g/mol. The van der Waals surface area contributed by atoms with Gasteiger partial charge in [-0.3, -0.25) is 0 Å². The van der Waals surface area contributed by atoms with E-state index >= 15 is 0 Å². The van der Waals surface area contributed by atoms with Gasteiger partial charge in [0.15, 0.2) is 17.3 Å². The normalized spacial score (nSPS) is 11.7. The summed E-state index contributed by atoms with van der Waals surface area (Å²) >= 11 is 0. The molecule has 1 unspecified atom stereocenters. The Kier molecular flexibility index (Phi) is 7.03. The minimum Gasteiger partial charge on any atom is -0.493 e. The Hall–Kier alpha value is -3.39. The van der Waals surface area contributed by atoms with Crippen LogP contribution in [-0.2, 0) is 13.0 Å². The number of aromatic nitrogens is 3. The van der Waals surface area contributed by atoms with Gasteiger partial charge in [0.2, 0.25) is 11.9 Å². The van der Waals surface area contributed by atoms with Gasteiger partial charge >= 0.3 is 0 Å². The molecule has 0 radical (unpaired) electrons. The van der Waals surface area contributed by atoms with E-state index in [-0.39, 0.29) is 5.95 Å². The molecule has 0 bridgehead atoms. The summed E-state index contributed by atoms with van der Waals surface area (Å²) in [4.78, 5) is 14.3. The second-order valence-corrected chi connectivity index (χ2v) is 7.20. The van der Waals surface area contributed by atoms with Crippen LogP contribution in [0.1, 0.15) is 17.0 Å². The van der Waals surface area contributed by atoms with Crippen LogP contribution >= 0.6 is 0 Å². The van der Waals surface area contributed by atoms with Crippen LogP contribution in [0.5, 0.6) is 11.5 Å². The summed E-state index contributed by atoms with van der Waals surface area (Å²) < 4.78 is 10.7. The Morgan fingerprint density at radius 1 is 1.00 bits per heavy atom. The zero-order valence-electron chi connectivity index (χ0n) is 17.9. The van der Waals surface area contributed by atoms with E-state index < -0.39 is 0 Å². The molecular weight excluding hydrogens is 380 g/mol. The van der Waals surface area contributed by atoms with Crippen molar-refractivity contribution in [2.45, 2.75) is 19.9 Å². The molecular formula is C22H29N6O2+. The van der Waals surface area contributed by atoms with Crippen molar-refractivity contribution in [2.24, 2.45) is 0 Å². The van der Waals surface area contributed by atoms with Gasteiger partial charge in [0.1, 0.15) is 6.54 Å². The zero-order chi connectivity index (χ0) is 21.5. The molecule has 0 aliphatic heterocycles. The molecule has 8 nitrogen and oxygen atoms in total. The van der Waals surface area contributed by atoms with Crippen molar-refractivity contribution < 1.29 is 14.4 Å². The third-order valence-corrected chi connectivity index (χ3v) is 4.84. The minimum absolute atomic E-state index is 0.212. The summed E-state index contributed by atoms with van der Waals surface area (Å²) in [6.07, 6.45) is 0.890. The van der Waals surface area contributed by atoms with Gasteiger partial charge < -0.3 is 25.4 Å². The predicted octanol–water partition coefficient (Wildman–Crippen LogP) is 1.78. The van der Waals surface area contributed by atoms with Gasteiger partial charge in [-0.05, 0) is 36.2 Å². The molecule has 1 atom stereocenters. The fraction of sp³-hybridized carbons (Fsp3) is 0.318. The molecule has 2 aromatic carbocycles. The number of para-hydroxylation sites is 1. The molecule has 3 rings (SSSR count). The lowest BCUT2D eigenvalue weighted by atomic mass is 10.1. The second kappa shape index (κ2) is 9.89. The molecule has 0 fully saturated rings. The van der Waals surface area contributed by atoms with Crippen molar-refractivity contribution in [2.75, 3.05) is 38.9 Å². The maximum Gasteiger partial charge on any atom is 0.232 e. The zero-order valence-corrected chi connectivity index (χ0v) is 17.9. The fourth-order valence-electron chi connectivity index (χ4n) is 3.16. The van der Waals surface area contributed by atoms with E-state index in [2.05, 4.69) is 33.4 Å². The van der Waals surface area contributed by atoms with Crippen LogP contribution < -0.4 is 25.4 Å². The average Bonchev–Trinajstić information content (AvgIpc) is 2.73. The average molecular weight is 410 g/mol. The SMILES string of the molecule is COc1ccc(CC[NH+](C)Cc2nc(N)nc(Nc3ccccc3C)n2)cc1OC. The quantitative estimate of drug-likeness (QED) is 0.495. The van der Waals surface area contributed by atoms with Crippen LogP contribution in [-0.4, -0.2) is 42.8 Å². The Labute approximate surface area is 177 Å². The van der Waals surface area contributed by atoms with Crippen molar-refractivity contribution in [3.63, 3.8) is 0 Å². The van der Waals surface area contributed by atoms with Gasteiger partial charge in [0, 0.05) is 12.1 Å². The first-order chi connectivity index (χ1) is 14.5. The molecule has 0 spiro atoms. The van der Waals surface area contributed by atoms with Crippen molar-refractivity contribution in [3.05, 3.63) is 59.4 Å². The highest BCUT2D eigenvalue weighted by Gasteiger charge is 2.12. The molecule has 0 aliphatic rings. The molecule has 158 valence electrons. The van der Waals surface area contributed by atoms with Gasteiger partial charge in [0.25, 0.3) is 0 Å². The van der Waals surface area contributed by atoms with Gasteiger partial charge in [-0.2, -0.15) is 15.0 Å². The summed E-state index contributed by atoms with van der Waals surface area (Å²) in [6, 6.07) is 14.0. The molecule has 0 amide bonds. The Morgan fingerprint density at radius 3 is 2.50 bits per heavy atom. The number of methoxy groups -OCH3 is 2. The number of aryl methyl sites for hydroxylation is 1. The summed E-state index contributed by atoms with van der Waals surface area (Å²) in [6.45, 7) is 3.57. The van der Waals surface area contributed by atoms with Crippen molar-refractivity contribution >= 4 is 17.6 Å². The van der Waals surface area contributed by atoms with Crippen LogP contribution in [0.2, 0.25) is 0 Å². The first kappa shape index (κ1) is 21.3. The number of nitrogen functional groups attached to an aromatic ring is 1. The summed E-state index contributed by atoms with van der Waals surface area (Å²) in [5, 5.41) is 3.23. The van der Waals surface area contributed by atoms with Crippen LogP contribution in [0, 0.1) is 6.92 Å². The molecule has 3 aromatic rings. The number of nitrogens with one attached hydrogen (secondary N) is 2. The summed E-state index contributed by atoms with van der Waals surface area (Å²) in [7, 11) is 5.39. The van der Waals surface area contributed by atoms with Gasteiger partial charge in [-0.1, -0.05) is 24.3 Å². The van der Waals surface area contributed by atoms with E-state index in [9.17, 15) is 0 Å². The van der Waals surface area contributed by atoms with Crippen LogP contribution in [0.25, 0.3) is 0 Å². The van der Waals surface area contributed by atoms with Crippen molar-refractivity contribution in [1.29, 1.82) is 0 Å². The maximum atomic E-state index is 5.91. The maximum absolute atomic E-state index is 5.91. The number of likely N-dealkylation sites (N-methyl/N-ethyl adjacent to an activating group) is 1. The van der Waals surface area contributed by atoms with Gasteiger partial charge in [-0.25, -0.2) is 0 Å². The number of hydrogen-bond donors (Lipinski definition) is 3. The predicted molar refractivity (Wildman–Crippen MR) is 117 cm³/mol. The molecule has 0 aliphatic carbocycles. The molecule has 0 saturated carbocycles. The number of ether oxygens (including phenoxy) is 2. The number of rotatable bonds is 9. The Morgan fingerprint density at radius 2 is 1.77 bits per heavy atom. The van der Waals surface area contributed by atoms with E-state index in [1.54, 1.807) is 14.2 Å². The smallest absolute Gasteiger partial charge is 0.232 e. The van der Waals surface area contributed by atoms with Gasteiger partial charge in [0.05, 0.1) is 27.8 Å². The molecule has 4 N–H and O–H groups in total. The van der Waals surface area contributed by atoms with E-state index in [1.165, 1.54) is 10.5 Å². The third kappa shape index (κ3) is 5.57. The highest BCUT2D eigenvalue weighted by Crippen LogP contribution is 2.27. The number of nitrogens with zero attached hydrogens (tertiary/aromatic N) is 3. The number of hydrogen-bond acceptors (Lipinski definition) is 7. The van der Waals surface area contributed by atoms with Crippen molar-refractivity contribution in [3.8, 4) is 11.5 Å². The van der Waals surface area contributed by atoms with E-state index in [0.29, 0.717) is 18.3 Å². The Bertz CT molecular complexity index is 995. The lowest BCUT2D eigenvalue weighted by Crippen LogP contribution is -3.08. The van der Waals surface area contributed by atoms with Crippen LogP contribution in [0.4, 0.5) is 17.6 Å². The lowest BCUT2D eigenvalue weighted by molar-refractivity contribution is -0.894. The van der Waals surface area contributed by atoms with E-state index in [1.807, 2.05) is 43.3 Å². The Balaban J connectivity index is 1.63. The van der Waals surface area contributed by atoms with Crippen molar-refractivity contribution in [1.82, 2.24) is 15.0 Å². The second-order valence-electron chi connectivity index (χ2n) is 7.20. The molecule has 8 heteroatoms. The van der Waals surface area contributed by atoms with Gasteiger partial charge in [-0.15, -0.1) is 0 Å². The lowest BCUT2D eigenvalue weighted by Gasteiger charge is -2.15. The fourth-order valence-corrected chi connectivity index (χ4v) is 3.16. The minimum atomic E-state index is 0.212. The first-order valence-corrected chi connectivity index (χ1v) is 9.83. The molecule has 30 heavy (non-hydrogen) atoms. The summed E-state index contributed by atoms with van der Waals surface area (Å²) in [5.41, 5.74) is 9.15. The standard InChI is InChI=1S/C22H28N6O2/c1-15-7-5-6-8-17(15)24-22-26-20(25-21(23)27-22)14-28(2)12-11-16-9-10-18(29-3)19(13-16)30-4/h5-10,13H,11-12,14H2,1-4H3,(H3,23,24,25,26,27)/p+1.